The van der Waals surface area contributed by atoms with Crippen LogP contribution in [0, 0.1) is 5.92 Å². The number of piperidine rings is 1. The van der Waals surface area contributed by atoms with Crippen molar-refractivity contribution < 1.29 is 14.3 Å². The van der Waals surface area contributed by atoms with Crippen LogP contribution in [0.5, 0.6) is 0 Å². The van der Waals surface area contributed by atoms with E-state index in [9.17, 15) is 4.79 Å². The first-order chi connectivity index (χ1) is 12.2. The second-order valence-electron chi connectivity index (χ2n) is 6.55. The van der Waals surface area contributed by atoms with E-state index in [-0.39, 0.29) is 5.92 Å². The minimum atomic E-state index is -0.684. The monoisotopic (exact) mass is 340 g/mol. The van der Waals surface area contributed by atoms with Gasteiger partial charge in [-0.2, -0.15) is 0 Å². The number of benzene rings is 1. The van der Waals surface area contributed by atoms with Crippen LogP contribution >= 0.6 is 0 Å². The van der Waals surface area contributed by atoms with Crippen LogP contribution in [-0.4, -0.2) is 44.1 Å². The second kappa shape index (κ2) is 6.68. The predicted octanol–water partition coefficient (Wildman–Crippen LogP) is 2.37. The van der Waals surface area contributed by atoms with Gasteiger partial charge in [-0.1, -0.05) is 23.4 Å². The molecule has 0 unspecified atom stereocenters. The maximum absolute atomic E-state index is 11.0. The molecule has 3 aromatic rings. The van der Waals surface area contributed by atoms with Crippen molar-refractivity contribution in [2.24, 2.45) is 5.92 Å². The van der Waals surface area contributed by atoms with Crippen LogP contribution in [0.4, 0.5) is 0 Å². The molecule has 1 saturated heterocycles. The van der Waals surface area contributed by atoms with Crippen LogP contribution in [0.3, 0.4) is 0 Å². The highest BCUT2D eigenvalue weighted by atomic mass is 16.4. The number of aromatic nitrogens is 3. The normalized spacial score (nSPS) is 16.5. The summed E-state index contributed by atoms with van der Waals surface area (Å²) in [5, 5.41) is 18.5. The lowest BCUT2D eigenvalue weighted by Gasteiger charge is -2.29. The number of hydrogen-bond donors (Lipinski definition) is 1. The van der Waals surface area contributed by atoms with Gasteiger partial charge < -0.3 is 9.52 Å². The number of carboxylic acids is 1. The van der Waals surface area contributed by atoms with Gasteiger partial charge in [0.15, 0.2) is 0 Å². The van der Waals surface area contributed by atoms with Gasteiger partial charge in [-0.05, 0) is 38.1 Å². The van der Waals surface area contributed by atoms with Gasteiger partial charge in [-0.3, -0.25) is 9.69 Å². The summed E-state index contributed by atoms with van der Waals surface area (Å²) in [4.78, 5) is 13.2. The highest BCUT2D eigenvalue weighted by Crippen LogP contribution is 2.20. The average molecular weight is 340 g/mol. The minimum absolute atomic E-state index is 0.208. The van der Waals surface area contributed by atoms with E-state index in [0.29, 0.717) is 25.9 Å². The van der Waals surface area contributed by atoms with Gasteiger partial charge in [0.05, 0.1) is 17.8 Å². The molecule has 1 aromatic carbocycles. The van der Waals surface area contributed by atoms with Gasteiger partial charge in [-0.15, -0.1) is 5.10 Å². The molecule has 3 heterocycles. The van der Waals surface area contributed by atoms with Crippen molar-refractivity contribution >= 4 is 16.9 Å². The molecule has 1 N–H and O–H groups in total. The fraction of sp³-hybridized carbons (Fsp3) is 0.389. The SMILES string of the molecule is O=C(O)C1CCN(Cc2cn(Cc3cc4ccccc4o3)nn2)CC1. The van der Waals surface area contributed by atoms with Crippen molar-refractivity contribution in [2.45, 2.75) is 25.9 Å². The number of para-hydroxylation sites is 1. The maximum Gasteiger partial charge on any atom is 0.306 e. The first-order valence-electron chi connectivity index (χ1n) is 8.49. The zero-order valence-corrected chi connectivity index (χ0v) is 13.8. The Bertz CT molecular complexity index is 844. The molecule has 0 atom stereocenters. The number of fused-ring (bicyclic) bond motifs is 1. The molecule has 7 nitrogen and oxygen atoms in total. The van der Waals surface area contributed by atoms with E-state index in [1.54, 1.807) is 4.68 Å². The number of hydrogen-bond acceptors (Lipinski definition) is 5. The molecular formula is C18H20N4O3. The maximum atomic E-state index is 11.0. The van der Waals surface area contributed by atoms with E-state index in [2.05, 4.69) is 15.2 Å². The Morgan fingerprint density at radius 3 is 2.80 bits per heavy atom. The van der Waals surface area contributed by atoms with E-state index >= 15 is 0 Å². The lowest BCUT2D eigenvalue weighted by molar-refractivity contribution is -0.143. The van der Waals surface area contributed by atoms with Crippen molar-refractivity contribution in [1.29, 1.82) is 0 Å². The van der Waals surface area contributed by atoms with Crippen molar-refractivity contribution in [2.75, 3.05) is 13.1 Å². The van der Waals surface area contributed by atoms with E-state index in [4.69, 9.17) is 9.52 Å². The van der Waals surface area contributed by atoms with Crippen molar-refractivity contribution in [3.05, 3.63) is 48.0 Å². The first-order valence-corrected chi connectivity index (χ1v) is 8.49. The molecule has 0 bridgehead atoms. The Hall–Kier alpha value is -2.67. The third-order valence-corrected chi connectivity index (χ3v) is 4.70. The summed E-state index contributed by atoms with van der Waals surface area (Å²) in [5.41, 5.74) is 1.77. The molecule has 1 aliphatic heterocycles. The molecule has 130 valence electrons. The topological polar surface area (TPSA) is 84.4 Å². The fourth-order valence-corrected chi connectivity index (χ4v) is 3.33. The molecule has 4 rings (SSSR count). The number of furan rings is 1. The predicted molar refractivity (Wildman–Crippen MR) is 91.0 cm³/mol. The number of carbonyl (C=O) groups is 1. The molecule has 25 heavy (non-hydrogen) atoms. The largest absolute Gasteiger partial charge is 0.481 e. The molecule has 1 fully saturated rings. The summed E-state index contributed by atoms with van der Waals surface area (Å²) in [5.74, 6) is -0.0450. The zero-order valence-electron chi connectivity index (χ0n) is 13.8. The lowest BCUT2D eigenvalue weighted by Crippen LogP contribution is -2.35. The van der Waals surface area contributed by atoms with Crippen molar-refractivity contribution in [3.8, 4) is 0 Å². The van der Waals surface area contributed by atoms with Crippen LogP contribution in [-0.2, 0) is 17.9 Å². The van der Waals surface area contributed by atoms with Crippen LogP contribution in [0.15, 0.2) is 40.9 Å². The summed E-state index contributed by atoms with van der Waals surface area (Å²) >= 11 is 0. The van der Waals surface area contributed by atoms with Gasteiger partial charge in [0, 0.05) is 11.9 Å². The van der Waals surface area contributed by atoms with E-state index in [1.807, 2.05) is 36.5 Å². The quantitative estimate of drug-likeness (QED) is 0.767. The Morgan fingerprint density at radius 1 is 1.24 bits per heavy atom. The Balaban J connectivity index is 1.36. The smallest absolute Gasteiger partial charge is 0.306 e. The first kappa shape index (κ1) is 15.8. The summed E-state index contributed by atoms with van der Waals surface area (Å²) in [6.07, 6.45) is 3.32. The van der Waals surface area contributed by atoms with E-state index in [1.165, 1.54) is 0 Å². The molecular weight excluding hydrogens is 320 g/mol. The number of aliphatic carboxylic acids is 1. The third-order valence-electron chi connectivity index (χ3n) is 4.70. The van der Waals surface area contributed by atoms with Crippen LogP contribution in [0.1, 0.15) is 24.3 Å². The second-order valence-corrected chi connectivity index (χ2v) is 6.55. The van der Waals surface area contributed by atoms with Crippen LogP contribution in [0.25, 0.3) is 11.0 Å². The molecule has 0 aliphatic carbocycles. The molecule has 0 saturated carbocycles. The highest BCUT2D eigenvalue weighted by Gasteiger charge is 2.24. The number of likely N-dealkylation sites (tertiary alicyclic amines) is 1. The molecule has 0 spiro atoms. The molecule has 2 aromatic heterocycles. The van der Waals surface area contributed by atoms with Crippen molar-refractivity contribution in [3.63, 3.8) is 0 Å². The molecule has 1 aliphatic rings. The average Bonchev–Trinajstić information content (AvgIpc) is 3.21. The van der Waals surface area contributed by atoms with Gasteiger partial charge in [0.25, 0.3) is 0 Å². The number of nitrogens with zero attached hydrogens (tertiary/aromatic N) is 4. The van der Waals surface area contributed by atoms with Gasteiger partial charge in [0.1, 0.15) is 17.9 Å². The highest BCUT2D eigenvalue weighted by molar-refractivity contribution is 5.77. The van der Waals surface area contributed by atoms with Gasteiger partial charge in [0.2, 0.25) is 0 Å². The lowest BCUT2D eigenvalue weighted by atomic mass is 9.97. The Labute approximate surface area is 144 Å². The molecule has 0 amide bonds. The Kier molecular flexibility index (Phi) is 4.23. The van der Waals surface area contributed by atoms with Crippen molar-refractivity contribution in [1.82, 2.24) is 19.9 Å². The van der Waals surface area contributed by atoms with Gasteiger partial charge >= 0.3 is 5.97 Å². The summed E-state index contributed by atoms with van der Waals surface area (Å²) in [7, 11) is 0. The zero-order chi connectivity index (χ0) is 17.2. The summed E-state index contributed by atoms with van der Waals surface area (Å²) in [6, 6.07) is 9.94. The molecule has 0 radical (unpaired) electrons. The fourth-order valence-electron chi connectivity index (χ4n) is 3.33. The van der Waals surface area contributed by atoms with E-state index < -0.39 is 5.97 Å². The standard InChI is InChI=1S/C18H20N4O3/c23-18(24)13-5-7-21(8-6-13)10-15-11-22(20-19-15)12-16-9-14-3-1-2-4-17(14)25-16/h1-4,9,11,13H,5-8,10,12H2,(H,23,24). The minimum Gasteiger partial charge on any atom is -0.481 e. The third kappa shape index (κ3) is 3.56. The summed E-state index contributed by atoms with van der Waals surface area (Å²) in [6.45, 7) is 2.82. The Morgan fingerprint density at radius 2 is 2.04 bits per heavy atom. The number of rotatable bonds is 5. The molecule has 7 heteroatoms. The number of carboxylic acid groups (broad SMARTS) is 1. The van der Waals surface area contributed by atoms with Crippen LogP contribution in [0.2, 0.25) is 0 Å². The van der Waals surface area contributed by atoms with E-state index in [0.717, 1.165) is 35.5 Å². The summed E-state index contributed by atoms with van der Waals surface area (Å²) < 4.78 is 7.59. The van der Waals surface area contributed by atoms with Gasteiger partial charge in [-0.25, -0.2) is 4.68 Å². The van der Waals surface area contributed by atoms with Crippen LogP contribution < -0.4 is 0 Å².